The summed E-state index contributed by atoms with van der Waals surface area (Å²) in [4.78, 5) is 17.1. The first-order valence-electron chi connectivity index (χ1n) is 7.56. The van der Waals surface area contributed by atoms with Crippen molar-refractivity contribution in [3.63, 3.8) is 0 Å². The number of aryl methyl sites for hydroxylation is 1. The van der Waals surface area contributed by atoms with Gasteiger partial charge in [-0.25, -0.2) is 13.9 Å². The highest BCUT2D eigenvalue weighted by molar-refractivity contribution is 5.78. The van der Waals surface area contributed by atoms with Crippen LogP contribution in [0.4, 0.5) is 4.39 Å². The number of hydrogen-bond acceptors (Lipinski definition) is 2. The fourth-order valence-electron chi connectivity index (χ4n) is 2.82. The largest absolute Gasteiger partial charge is 0.296 e. The number of aromatic nitrogens is 3. The highest BCUT2D eigenvalue weighted by Crippen LogP contribution is 2.26. The number of hydrogen-bond donors (Lipinski definition) is 1. The molecule has 4 nitrogen and oxygen atoms in total. The van der Waals surface area contributed by atoms with Crippen LogP contribution in [-0.4, -0.2) is 14.6 Å². The predicted molar refractivity (Wildman–Crippen MR) is 91.4 cm³/mol. The Bertz CT molecular complexity index is 1090. The third-order valence-electron chi connectivity index (χ3n) is 4.07. The van der Waals surface area contributed by atoms with Crippen LogP contribution in [-0.2, 0) is 0 Å². The number of halogens is 1. The van der Waals surface area contributed by atoms with Crippen molar-refractivity contribution in [1.82, 2.24) is 14.6 Å². The maximum atomic E-state index is 13.2. The fourth-order valence-corrected chi connectivity index (χ4v) is 2.82. The van der Waals surface area contributed by atoms with E-state index >= 15 is 0 Å². The molecule has 0 atom stereocenters. The molecule has 0 bridgehead atoms. The maximum Gasteiger partial charge on any atom is 0.273 e. The van der Waals surface area contributed by atoms with Crippen LogP contribution in [0.15, 0.2) is 65.6 Å². The van der Waals surface area contributed by atoms with Gasteiger partial charge in [0, 0.05) is 23.4 Å². The summed E-state index contributed by atoms with van der Waals surface area (Å²) >= 11 is 0. The molecular weight excluding hydrogens is 305 g/mol. The van der Waals surface area contributed by atoms with E-state index in [-0.39, 0.29) is 11.4 Å². The lowest BCUT2D eigenvalue weighted by atomic mass is 10.1. The summed E-state index contributed by atoms with van der Waals surface area (Å²) in [5, 5.41) is 2.91. The third-order valence-corrected chi connectivity index (χ3v) is 4.07. The van der Waals surface area contributed by atoms with Gasteiger partial charge in [-0.1, -0.05) is 36.4 Å². The topological polar surface area (TPSA) is 50.2 Å². The van der Waals surface area contributed by atoms with Crippen LogP contribution in [0.2, 0.25) is 0 Å². The molecule has 0 spiro atoms. The molecule has 24 heavy (non-hydrogen) atoms. The SMILES string of the molecule is Cc1ccccc1-c1cc(=O)n2[nH]cc(-c3ccc(F)cc3)c2n1. The highest BCUT2D eigenvalue weighted by Gasteiger charge is 2.12. The van der Waals surface area contributed by atoms with E-state index in [2.05, 4.69) is 10.1 Å². The normalized spacial score (nSPS) is 11.1. The second-order valence-electron chi connectivity index (χ2n) is 5.65. The van der Waals surface area contributed by atoms with Gasteiger partial charge in [0.1, 0.15) is 5.82 Å². The molecule has 1 N–H and O–H groups in total. The van der Waals surface area contributed by atoms with E-state index in [1.54, 1.807) is 18.3 Å². The Hall–Kier alpha value is -3.21. The van der Waals surface area contributed by atoms with Crippen molar-refractivity contribution >= 4 is 5.65 Å². The van der Waals surface area contributed by atoms with Gasteiger partial charge in [-0.2, -0.15) is 0 Å². The van der Waals surface area contributed by atoms with Gasteiger partial charge in [-0.05, 0) is 30.2 Å². The Balaban J connectivity index is 1.97. The average molecular weight is 319 g/mol. The lowest BCUT2D eigenvalue weighted by Gasteiger charge is -2.06. The van der Waals surface area contributed by atoms with E-state index in [1.807, 2.05) is 31.2 Å². The molecule has 0 saturated heterocycles. The number of fused-ring (bicyclic) bond motifs is 1. The third kappa shape index (κ3) is 2.31. The molecule has 2 aromatic heterocycles. The van der Waals surface area contributed by atoms with Crippen molar-refractivity contribution in [3.05, 3.63) is 82.5 Å². The summed E-state index contributed by atoms with van der Waals surface area (Å²) in [6, 6.07) is 15.4. The van der Waals surface area contributed by atoms with E-state index in [1.165, 1.54) is 22.7 Å². The minimum absolute atomic E-state index is 0.188. The second kappa shape index (κ2) is 5.45. The minimum atomic E-state index is -0.302. The molecule has 0 fully saturated rings. The number of H-pyrrole nitrogens is 1. The zero-order chi connectivity index (χ0) is 16.7. The van der Waals surface area contributed by atoms with Gasteiger partial charge in [-0.3, -0.25) is 9.89 Å². The monoisotopic (exact) mass is 319 g/mol. The fraction of sp³-hybridized carbons (Fsp3) is 0.0526. The van der Waals surface area contributed by atoms with Crippen molar-refractivity contribution in [2.24, 2.45) is 0 Å². The van der Waals surface area contributed by atoms with E-state index in [0.29, 0.717) is 11.3 Å². The first-order valence-corrected chi connectivity index (χ1v) is 7.56. The number of nitrogens with zero attached hydrogens (tertiary/aromatic N) is 2. The average Bonchev–Trinajstić information content (AvgIpc) is 3.00. The van der Waals surface area contributed by atoms with Gasteiger partial charge in [0.2, 0.25) is 0 Å². The van der Waals surface area contributed by atoms with Gasteiger partial charge >= 0.3 is 0 Å². The molecule has 118 valence electrons. The van der Waals surface area contributed by atoms with Crippen LogP contribution in [0.25, 0.3) is 28.0 Å². The summed E-state index contributed by atoms with van der Waals surface area (Å²) in [6.45, 7) is 1.98. The van der Waals surface area contributed by atoms with Crippen molar-refractivity contribution in [1.29, 1.82) is 0 Å². The molecule has 0 aliphatic rings. The Kier molecular flexibility index (Phi) is 3.27. The van der Waals surface area contributed by atoms with Crippen molar-refractivity contribution < 1.29 is 4.39 Å². The quantitative estimate of drug-likeness (QED) is 0.611. The maximum absolute atomic E-state index is 13.2. The minimum Gasteiger partial charge on any atom is -0.296 e. The molecule has 0 aliphatic carbocycles. The molecule has 0 amide bonds. The van der Waals surface area contributed by atoms with Crippen LogP contribution < -0.4 is 5.56 Å². The van der Waals surface area contributed by atoms with E-state index in [9.17, 15) is 9.18 Å². The zero-order valence-electron chi connectivity index (χ0n) is 13.0. The lowest BCUT2D eigenvalue weighted by molar-refractivity contribution is 0.628. The molecule has 2 aromatic carbocycles. The number of aromatic amines is 1. The second-order valence-corrected chi connectivity index (χ2v) is 5.65. The Morgan fingerprint density at radius 3 is 2.54 bits per heavy atom. The summed E-state index contributed by atoms with van der Waals surface area (Å²) in [6.07, 6.45) is 1.71. The van der Waals surface area contributed by atoms with Gasteiger partial charge < -0.3 is 0 Å². The van der Waals surface area contributed by atoms with Gasteiger partial charge in [0.15, 0.2) is 5.65 Å². The molecule has 0 unspecified atom stereocenters. The summed E-state index contributed by atoms with van der Waals surface area (Å²) in [5.74, 6) is -0.302. The zero-order valence-corrected chi connectivity index (χ0v) is 13.0. The first-order chi connectivity index (χ1) is 11.6. The van der Waals surface area contributed by atoms with E-state index in [0.717, 1.165) is 22.3 Å². The smallest absolute Gasteiger partial charge is 0.273 e. The Labute approximate surface area is 137 Å². The molecule has 0 aliphatic heterocycles. The Morgan fingerprint density at radius 1 is 1.04 bits per heavy atom. The Morgan fingerprint density at radius 2 is 1.79 bits per heavy atom. The molecule has 0 saturated carbocycles. The molecule has 2 heterocycles. The van der Waals surface area contributed by atoms with Crippen molar-refractivity contribution in [2.75, 3.05) is 0 Å². The lowest BCUT2D eigenvalue weighted by Crippen LogP contribution is -2.14. The number of benzene rings is 2. The summed E-state index contributed by atoms with van der Waals surface area (Å²) in [5.41, 5.74) is 4.47. The van der Waals surface area contributed by atoms with E-state index in [4.69, 9.17) is 0 Å². The number of rotatable bonds is 2. The van der Waals surface area contributed by atoms with Crippen molar-refractivity contribution in [2.45, 2.75) is 6.92 Å². The highest BCUT2D eigenvalue weighted by atomic mass is 19.1. The van der Waals surface area contributed by atoms with Crippen molar-refractivity contribution in [3.8, 4) is 22.4 Å². The molecule has 0 radical (unpaired) electrons. The summed E-state index contributed by atoms with van der Waals surface area (Å²) < 4.78 is 14.5. The molecule has 5 heteroatoms. The molecule has 4 rings (SSSR count). The van der Waals surface area contributed by atoms with Crippen LogP contribution in [0, 0.1) is 12.7 Å². The molecule has 4 aromatic rings. The van der Waals surface area contributed by atoms with Gasteiger partial charge in [-0.15, -0.1) is 0 Å². The number of nitrogens with one attached hydrogen (secondary N) is 1. The van der Waals surface area contributed by atoms with E-state index < -0.39 is 0 Å². The predicted octanol–water partition coefficient (Wildman–Crippen LogP) is 3.80. The molecular formula is C19H14FN3O. The van der Waals surface area contributed by atoms with Crippen LogP contribution in [0.1, 0.15) is 5.56 Å². The van der Waals surface area contributed by atoms with Crippen LogP contribution in [0.5, 0.6) is 0 Å². The summed E-state index contributed by atoms with van der Waals surface area (Å²) in [7, 11) is 0. The first kappa shape index (κ1) is 14.4. The van der Waals surface area contributed by atoms with Crippen LogP contribution in [0.3, 0.4) is 0 Å². The van der Waals surface area contributed by atoms with Gasteiger partial charge in [0.05, 0.1) is 5.69 Å². The van der Waals surface area contributed by atoms with Gasteiger partial charge in [0.25, 0.3) is 5.56 Å². The van der Waals surface area contributed by atoms with Crippen LogP contribution >= 0.6 is 0 Å². The standard InChI is InChI=1S/C19H14FN3O/c1-12-4-2-3-5-15(12)17-10-18(24)23-19(22-17)16(11-21-23)13-6-8-14(20)9-7-13/h2-11,21H,1H3.